The molecule has 1 N–H and O–H groups in total. The quantitative estimate of drug-likeness (QED) is 0.134. The normalized spacial score (nSPS) is 41.1. The topological polar surface area (TPSA) is 49.3 Å². The molecule has 6 heteroatoms. The van der Waals surface area contributed by atoms with Crippen molar-refractivity contribution in [2.75, 3.05) is 0 Å². The van der Waals surface area contributed by atoms with Crippen LogP contribution in [0.2, 0.25) is 0 Å². The van der Waals surface area contributed by atoms with Crippen molar-refractivity contribution in [2.45, 2.75) is 218 Å². The van der Waals surface area contributed by atoms with E-state index < -0.39 is 11.6 Å². The van der Waals surface area contributed by atoms with Crippen molar-refractivity contribution in [3.63, 3.8) is 0 Å². The first-order valence-electron chi connectivity index (χ1n) is 18.3. The fourth-order valence-electron chi connectivity index (χ4n) is 9.48. The molecule has 0 aromatic rings. The van der Waals surface area contributed by atoms with Crippen LogP contribution < -0.4 is 0 Å². The third-order valence-electron chi connectivity index (χ3n) is 11.1. The molecule has 6 nitrogen and oxygen atoms in total. The molecule has 0 bridgehead atoms. The molecule has 0 aromatic carbocycles. The molecular weight excluding hydrogens is 508 g/mol. The molecule has 4 saturated heterocycles. The predicted octanol–water partition coefficient (Wildman–Crippen LogP) is 7.71. The standard InChI is InChI=1S/C35H66N4O2/c1-9-17-25-26(18-10-2)36(25)33(37-27(19-11-3)28(37)20-12-4)35(34(40)41,38-29(21-13-5)30(38)22-14-6)39-31(23-15-7)32(39)24-16-8/h25-33H,9-24H2,1-8H3,(H,40,41). The Morgan fingerprint density at radius 3 is 0.902 bits per heavy atom. The lowest BCUT2D eigenvalue weighted by Crippen LogP contribution is -2.69. The Morgan fingerprint density at radius 1 is 0.488 bits per heavy atom. The molecule has 4 fully saturated rings. The van der Waals surface area contributed by atoms with Crippen LogP contribution in [0, 0.1) is 0 Å². The molecule has 0 aliphatic carbocycles. The highest BCUT2D eigenvalue weighted by molar-refractivity contribution is 5.81. The molecular formula is C35H66N4O2. The van der Waals surface area contributed by atoms with Gasteiger partial charge in [0.05, 0.1) is 0 Å². The number of nitrogens with zero attached hydrogens (tertiary/aromatic N) is 4. The Balaban J connectivity index is 1.89. The predicted molar refractivity (Wildman–Crippen MR) is 171 cm³/mol. The van der Waals surface area contributed by atoms with E-state index in [-0.39, 0.29) is 6.17 Å². The summed E-state index contributed by atoms with van der Waals surface area (Å²) in [5.74, 6) is -0.559. The molecule has 0 amide bonds. The molecule has 8 atom stereocenters. The zero-order valence-corrected chi connectivity index (χ0v) is 28.2. The Kier molecular flexibility index (Phi) is 11.7. The van der Waals surface area contributed by atoms with Crippen LogP contribution in [0.3, 0.4) is 0 Å². The molecule has 238 valence electrons. The van der Waals surface area contributed by atoms with Gasteiger partial charge in [0.15, 0.2) is 0 Å². The number of rotatable bonds is 22. The van der Waals surface area contributed by atoms with E-state index in [0.717, 1.165) is 51.4 Å². The first kappa shape index (κ1) is 33.2. The van der Waals surface area contributed by atoms with Gasteiger partial charge >= 0.3 is 5.97 Å². The van der Waals surface area contributed by atoms with E-state index in [1.54, 1.807) is 0 Å². The van der Waals surface area contributed by atoms with Gasteiger partial charge in [0.1, 0.15) is 6.17 Å². The van der Waals surface area contributed by atoms with Gasteiger partial charge in [0, 0.05) is 48.3 Å². The minimum Gasteiger partial charge on any atom is -0.479 e. The molecule has 4 aliphatic heterocycles. The summed E-state index contributed by atoms with van der Waals surface area (Å²) in [4.78, 5) is 25.1. The second-order valence-corrected chi connectivity index (χ2v) is 14.0. The number of carbonyl (C=O) groups is 1. The van der Waals surface area contributed by atoms with Crippen LogP contribution in [0.15, 0.2) is 0 Å². The summed E-state index contributed by atoms with van der Waals surface area (Å²) in [6.07, 6.45) is 18.4. The van der Waals surface area contributed by atoms with Crippen LogP contribution in [0.5, 0.6) is 0 Å². The van der Waals surface area contributed by atoms with Crippen LogP contribution in [0.25, 0.3) is 0 Å². The van der Waals surface area contributed by atoms with Crippen molar-refractivity contribution in [2.24, 2.45) is 0 Å². The van der Waals surface area contributed by atoms with Gasteiger partial charge in [0.2, 0.25) is 5.66 Å². The Bertz CT molecular complexity index is 733. The zero-order chi connectivity index (χ0) is 29.9. The SMILES string of the molecule is CCCC1C(CCC)N1C(N1C(CCC)C1CCC)C(C(=O)O)(N1C(CCC)C1CCC)N1C(CCC)C1CCC. The highest BCUT2D eigenvalue weighted by atomic mass is 16.4. The van der Waals surface area contributed by atoms with Crippen LogP contribution in [0.1, 0.15) is 158 Å². The average Bonchev–Trinajstić information content (AvgIpc) is 3.88. The Hall–Kier alpha value is -0.690. The van der Waals surface area contributed by atoms with Crippen molar-refractivity contribution < 1.29 is 9.90 Å². The molecule has 4 rings (SSSR count). The monoisotopic (exact) mass is 575 g/mol. The average molecular weight is 575 g/mol. The Labute approximate surface area is 253 Å². The van der Waals surface area contributed by atoms with E-state index in [1.165, 1.54) is 51.4 Å². The highest BCUT2D eigenvalue weighted by Crippen LogP contribution is 2.59. The fraction of sp³-hybridized carbons (Fsp3) is 0.971. The number of hydrogen-bond donors (Lipinski definition) is 1. The van der Waals surface area contributed by atoms with E-state index in [0.29, 0.717) is 48.3 Å². The summed E-state index contributed by atoms with van der Waals surface area (Å²) in [5, 5.41) is 11.8. The summed E-state index contributed by atoms with van der Waals surface area (Å²) in [5.41, 5.74) is -0.956. The van der Waals surface area contributed by atoms with E-state index in [9.17, 15) is 9.90 Å². The molecule has 41 heavy (non-hydrogen) atoms. The lowest BCUT2D eigenvalue weighted by molar-refractivity contribution is -0.168. The van der Waals surface area contributed by atoms with Crippen molar-refractivity contribution in [3.05, 3.63) is 0 Å². The van der Waals surface area contributed by atoms with Gasteiger partial charge in [-0.1, -0.05) is 107 Å². The maximum Gasteiger partial charge on any atom is 0.342 e. The van der Waals surface area contributed by atoms with Crippen LogP contribution >= 0.6 is 0 Å². The van der Waals surface area contributed by atoms with E-state index in [2.05, 4.69) is 75.0 Å². The molecule has 4 aliphatic rings. The summed E-state index contributed by atoms with van der Waals surface area (Å²) in [6, 6.07) is 3.68. The first-order chi connectivity index (χ1) is 19.9. The Morgan fingerprint density at radius 2 is 0.707 bits per heavy atom. The van der Waals surface area contributed by atoms with Gasteiger partial charge in [0.25, 0.3) is 0 Å². The molecule has 4 heterocycles. The lowest BCUT2D eigenvalue weighted by Gasteiger charge is -2.44. The number of carboxylic acid groups (broad SMARTS) is 1. The highest BCUT2D eigenvalue weighted by Gasteiger charge is 2.79. The van der Waals surface area contributed by atoms with Gasteiger partial charge in [-0.3, -0.25) is 19.6 Å². The molecule has 0 saturated carbocycles. The summed E-state index contributed by atoms with van der Waals surface area (Å²) < 4.78 is 0. The zero-order valence-electron chi connectivity index (χ0n) is 28.2. The summed E-state index contributed by atoms with van der Waals surface area (Å²) in [6.45, 7) is 18.4. The van der Waals surface area contributed by atoms with Gasteiger partial charge < -0.3 is 5.11 Å². The van der Waals surface area contributed by atoms with Crippen molar-refractivity contribution in [1.29, 1.82) is 0 Å². The number of aliphatic carboxylic acids is 1. The van der Waals surface area contributed by atoms with Crippen LogP contribution in [0.4, 0.5) is 0 Å². The molecule has 8 unspecified atom stereocenters. The summed E-state index contributed by atoms with van der Waals surface area (Å²) in [7, 11) is 0. The maximum absolute atomic E-state index is 14.4. The summed E-state index contributed by atoms with van der Waals surface area (Å²) >= 11 is 0. The van der Waals surface area contributed by atoms with Crippen LogP contribution in [-0.2, 0) is 4.79 Å². The maximum atomic E-state index is 14.4. The number of hydrogen-bond acceptors (Lipinski definition) is 5. The van der Waals surface area contributed by atoms with Crippen LogP contribution in [-0.4, -0.2) is 90.8 Å². The van der Waals surface area contributed by atoms with Crippen molar-refractivity contribution >= 4 is 5.97 Å². The van der Waals surface area contributed by atoms with E-state index >= 15 is 0 Å². The number of carboxylic acids is 1. The first-order valence-corrected chi connectivity index (χ1v) is 18.3. The van der Waals surface area contributed by atoms with Gasteiger partial charge in [-0.15, -0.1) is 0 Å². The minimum absolute atomic E-state index is 0.0522. The third kappa shape index (κ3) is 6.02. The van der Waals surface area contributed by atoms with E-state index in [1.807, 2.05) is 0 Å². The lowest BCUT2D eigenvalue weighted by atomic mass is 10.0. The van der Waals surface area contributed by atoms with E-state index in [4.69, 9.17) is 0 Å². The van der Waals surface area contributed by atoms with Gasteiger partial charge in [-0.25, -0.2) is 4.79 Å². The minimum atomic E-state index is -0.956. The van der Waals surface area contributed by atoms with Gasteiger partial charge in [-0.2, -0.15) is 0 Å². The second-order valence-electron chi connectivity index (χ2n) is 14.0. The molecule has 0 spiro atoms. The third-order valence-corrected chi connectivity index (χ3v) is 11.1. The molecule has 0 radical (unpaired) electrons. The second kappa shape index (κ2) is 14.4. The van der Waals surface area contributed by atoms with Gasteiger partial charge in [-0.05, 0) is 51.4 Å². The van der Waals surface area contributed by atoms with Crippen molar-refractivity contribution in [1.82, 2.24) is 19.6 Å². The molecule has 0 aromatic heterocycles. The smallest absolute Gasteiger partial charge is 0.342 e. The fourth-order valence-corrected chi connectivity index (χ4v) is 9.48. The van der Waals surface area contributed by atoms with Crippen molar-refractivity contribution in [3.8, 4) is 0 Å². The largest absolute Gasteiger partial charge is 0.479 e.